The molecule has 2 aromatic heterocycles. The van der Waals surface area contributed by atoms with Crippen molar-refractivity contribution in [2.24, 2.45) is 7.05 Å². The third-order valence-corrected chi connectivity index (χ3v) is 4.70. The van der Waals surface area contributed by atoms with Crippen molar-refractivity contribution < 1.29 is 19.1 Å². The Labute approximate surface area is 163 Å². The van der Waals surface area contributed by atoms with Gasteiger partial charge in [0.05, 0.1) is 18.8 Å². The smallest absolute Gasteiger partial charge is 0.277 e. The van der Waals surface area contributed by atoms with E-state index in [1.54, 1.807) is 36.0 Å². The van der Waals surface area contributed by atoms with Gasteiger partial charge in [0.25, 0.3) is 5.91 Å². The zero-order valence-electron chi connectivity index (χ0n) is 14.0. The van der Waals surface area contributed by atoms with Crippen LogP contribution in [0.25, 0.3) is 11.0 Å². The van der Waals surface area contributed by atoms with Crippen molar-refractivity contribution in [2.75, 3.05) is 13.2 Å². The van der Waals surface area contributed by atoms with E-state index in [1.807, 2.05) is 6.07 Å². The van der Waals surface area contributed by atoms with Crippen LogP contribution in [0.5, 0.6) is 0 Å². The number of hydrogen-bond donors (Lipinski definition) is 2. The lowest BCUT2D eigenvalue weighted by Gasteiger charge is -2.10. The van der Waals surface area contributed by atoms with Crippen LogP contribution < -0.4 is 5.48 Å². The number of amides is 1. The van der Waals surface area contributed by atoms with E-state index >= 15 is 0 Å². The number of rotatable bonds is 6. The summed E-state index contributed by atoms with van der Waals surface area (Å²) in [5.74, 6) is -0.782. The van der Waals surface area contributed by atoms with Crippen molar-refractivity contribution in [2.45, 2.75) is 6.42 Å². The average molecular weight is 469 g/mol. The van der Waals surface area contributed by atoms with E-state index in [4.69, 9.17) is 9.94 Å². The number of aromatic nitrogens is 2. The van der Waals surface area contributed by atoms with Gasteiger partial charge >= 0.3 is 0 Å². The fourth-order valence-electron chi connectivity index (χ4n) is 2.83. The summed E-state index contributed by atoms with van der Waals surface area (Å²) in [4.78, 5) is 21.9. The van der Waals surface area contributed by atoms with Crippen molar-refractivity contribution >= 4 is 39.5 Å². The maximum absolute atomic E-state index is 14.3. The highest BCUT2D eigenvalue weighted by molar-refractivity contribution is 14.1. The van der Waals surface area contributed by atoms with E-state index in [-0.39, 0.29) is 25.5 Å². The molecule has 0 radical (unpaired) electrons. The lowest BCUT2D eigenvalue weighted by atomic mass is 10.0. The van der Waals surface area contributed by atoms with Crippen LogP contribution in [-0.4, -0.2) is 33.8 Å². The summed E-state index contributed by atoms with van der Waals surface area (Å²) >= 11 is 2.05. The number of aliphatic hydroxyl groups excluding tert-OH is 1. The number of hydroxylamine groups is 1. The number of halogens is 2. The van der Waals surface area contributed by atoms with Crippen LogP contribution in [0.15, 0.2) is 36.5 Å². The fraction of sp³-hybridized carbons (Fsp3) is 0.222. The second-order valence-electron chi connectivity index (χ2n) is 5.67. The van der Waals surface area contributed by atoms with Gasteiger partial charge in [0, 0.05) is 34.3 Å². The Bertz CT molecular complexity index is 958. The largest absolute Gasteiger partial charge is 0.394 e. The highest BCUT2D eigenvalue weighted by Crippen LogP contribution is 2.27. The number of carbonyl (C=O) groups excluding carboxylic acids is 1. The van der Waals surface area contributed by atoms with Crippen molar-refractivity contribution in [1.82, 2.24) is 15.0 Å². The van der Waals surface area contributed by atoms with Crippen LogP contribution in [0.4, 0.5) is 4.39 Å². The first-order valence-electron chi connectivity index (χ1n) is 7.92. The second-order valence-corrected chi connectivity index (χ2v) is 6.92. The van der Waals surface area contributed by atoms with Gasteiger partial charge in [-0.05, 0) is 52.4 Å². The van der Waals surface area contributed by atoms with Gasteiger partial charge in [0.2, 0.25) is 0 Å². The third-order valence-electron chi connectivity index (χ3n) is 4.03. The van der Waals surface area contributed by atoms with E-state index in [0.29, 0.717) is 27.9 Å². The van der Waals surface area contributed by atoms with E-state index < -0.39 is 5.91 Å². The molecule has 2 N–H and O–H groups in total. The van der Waals surface area contributed by atoms with Crippen molar-refractivity contribution in [3.05, 3.63) is 62.7 Å². The fourth-order valence-corrected chi connectivity index (χ4v) is 3.28. The first-order valence-corrected chi connectivity index (χ1v) is 9.00. The molecule has 0 aliphatic heterocycles. The third kappa shape index (κ3) is 3.71. The number of benzene rings is 1. The predicted molar refractivity (Wildman–Crippen MR) is 103 cm³/mol. The molecule has 0 atom stereocenters. The van der Waals surface area contributed by atoms with Crippen LogP contribution >= 0.6 is 22.6 Å². The monoisotopic (exact) mass is 469 g/mol. The first-order chi connectivity index (χ1) is 12.5. The van der Waals surface area contributed by atoms with Crippen LogP contribution in [0.2, 0.25) is 0 Å². The number of carbonyl (C=O) groups is 1. The van der Waals surface area contributed by atoms with Gasteiger partial charge in [-0.15, -0.1) is 0 Å². The number of aliphatic hydroxyl groups is 1. The van der Waals surface area contributed by atoms with Gasteiger partial charge in [0.1, 0.15) is 11.5 Å². The Morgan fingerprint density at radius 1 is 1.42 bits per heavy atom. The Hall–Kier alpha value is -2.04. The Kier molecular flexibility index (Phi) is 5.84. The molecule has 0 aliphatic carbocycles. The molecule has 136 valence electrons. The number of fused-ring (bicyclic) bond motifs is 1. The molecule has 0 unspecified atom stereocenters. The Morgan fingerprint density at radius 3 is 2.96 bits per heavy atom. The van der Waals surface area contributed by atoms with Gasteiger partial charge < -0.3 is 9.67 Å². The lowest BCUT2D eigenvalue weighted by Crippen LogP contribution is -2.26. The molecule has 1 amide bonds. The molecule has 0 fully saturated rings. The lowest BCUT2D eigenvalue weighted by molar-refractivity contribution is 0.0169. The summed E-state index contributed by atoms with van der Waals surface area (Å²) in [5.41, 5.74) is 4.44. The maximum Gasteiger partial charge on any atom is 0.277 e. The summed E-state index contributed by atoms with van der Waals surface area (Å²) in [6.07, 6.45) is 1.87. The molecule has 0 bridgehead atoms. The van der Waals surface area contributed by atoms with Crippen molar-refractivity contribution in [1.29, 1.82) is 0 Å². The van der Waals surface area contributed by atoms with Crippen LogP contribution in [0.3, 0.4) is 0 Å². The molecular formula is C18H17FIN3O3. The van der Waals surface area contributed by atoms with E-state index in [0.717, 1.165) is 3.57 Å². The van der Waals surface area contributed by atoms with E-state index in [1.165, 1.54) is 6.07 Å². The Balaban J connectivity index is 2.06. The maximum atomic E-state index is 14.3. The zero-order chi connectivity index (χ0) is 18.7. The summed E-state index contributed by atoms with van der Waals surface area (Å²) in [5, 5.41) is 9.45. The minimum absolute atomic E-state index is 0.0180. The predicted octanol–water partition coefficient (Wildman–Crippen LogP) is 2.56. The van der Waals surface area contributed by atoms with Crippen LogP contribution in [0.1, 0.15) is 21.6 Å². The average Bonchev–Trinajstić information content (AvgIpc) is 2.90. The van der Waals surface area contributed by atoms with Crippen molar-refractivity contribution in [3.63, 3.8) is 0 Å². The highest BCUT2D eigenvalue weighted by Gasteiger charge is 2.23. The normalized spacial score (nSPS) is 11.1. The number of hydrogen-bond acceptors (Lipinski definition) is 4. The molecule has 0 aliphatic rings. The molecule has 0 spiro atoms. The highest BCUT2D eigenvalue weighted by atomic mass is 127. The minimum Gasteiger partial charge on any atom is -0.394 e. The number of nitrogens with zero attached hydrogens (tertiary/aromatic N) is 2. The second kappa shape index (κ2) is 8.11. The molecule has 8 heteroatoms. The first kappa shape index (κ1) is 18.7. The van der Waals surface area contributed by atoms with Gasteiger partial charge in [-0.3, -0.25) is 9.63 Å². The topological polar surface area (TPSA) is 76.4 Å². The minimum atomic E-state index is -0.460. The van der Waals surface area contributed by atoms with Crippen molar-refractivity contribution in [3.8, 4) is 0 Å². The molecule has 0 saturated carbocycles. The standard InChI is InChI=1S/C18H17FIN3O3/c1-23-15(9-11-4-5-12(20)10-14(11)19)16(18(25)22-26-8-7-24)13-3-2-6-21-17(13)23/h2-6,10,24H,7-9H2,1H3,(H,22,25). The summed E-state index contributed by atoms with van der Waals surface area (Å²) in [7, 11) is 1.79. The molecule has 2 heterocycles. The molecular weight excluding hydrogens is 452 g/mol. The SMILES string of the molecule is Cn1c(Cc2ccc(I)cc2F)c(C(=O)NOCCO)c2cccnc21. The number of pyridine rings is 1. The molecule has 3 rings (SSSR count). The van der Waals surface area contributed by atoms with Gasteiger partial charge in [-0.25, -0.2) is 14.9 Å². The molecule has 3 aromatic rings. The Morgan fingerprint density at radius 2 is 2.23 bits per heavy atom. The molecule has 0 saturated heterocycles. The van der Waals surface area contributed by atoms with Crippen LogP contribution in [-0.2, 0) is 18.3 Å². The number of aryl methyl sites for hydroxylation is 1. The van der Waals surface area contributed by atoms with E-state index in [9.17, 15) is 9.18 Å². The van der Waals surface area contributed by atoms with Gasteiger partial charge in [-0.2, -0.15) is 0 Å². The quantitative estimate of drug-likeness (QED) is 0.331. The van der Waals surface area contributed by atoms with E-state index in [2.05, 4.69) is 33.1 Å². The zero-order valence-corrected chi connectivity index (χ0v) is 16.2. The molecule has 1 aromatic carbocycles. The summed E-state index contributed by atoms with van der Waals surface area (Å²) < 4.78 is 16.9. The summed E-state index contributed by atoms with van der Waals surface area (Å²) in [6.45, 7) is -0.228. The van der Waals surface area contributed by atoms with Gasteiger partial charge in [0.15, 0.2) is 0 Å². The molecule has 6 nitrogen and oxygen atoms in total. The molecule has 26 heavy (non-hydrogen) atoms. The van der Waals surface area contributed by atoms with Gasteiger partial charge in [-0.1, -0.05) is 6.07 Å². The summed E-state index contributed by atoms with van der Waals surface area (Å²) in [6, 6.07) is 8.52. The van der Waals surface area contributed by atoms with Crippen LogP contribution in [0, 0.1) is 9.39 Å². The number of nitrogens with one attached hydrogen (secondary N) is 1.